The van der Waals surface area contributed by atoms with E-state index in [1.54, 1.807) is 11.8 Å². The third kappa shape index (κ3) is 4.11. The monoisotopic (exact) mass is 306 g/mol. The molecule has 0 unspecified atom stereocenters. The zero-order chi connectivity index (χ0) is 14.2. The number of benzene rings is 1. The Kier molecular flexibility index (Phi) is 5.65. The van der Waals surface area contributed by atoms with Crippen LogP contribution in [0.2, 0.25) is 0 Å². The quantitative estimate of drug-likeness (QED) is 0.621. The second kappa shape index (κ2) is 7.72. The Hall–Kier alpha value is -1.78. The molecular formula is C13H14N4OS2. The van der Waals surface area contributed by atoms with Crippen molar-refractivity contribution in [3.63, 3.8) is 0 Å². The summed E-state index contributed by atoms with van der Waals surface area (Å²) >= 11 is 3.01. The molecule has 0 aliphatic heterocycles. The van der Waals surface area contributed by atoms with Crippen molar-refractivity contribution >= 4 is 33.9 Å². The zero-order valence-electron chi connectivity index (χ0n) is 11.0. The summed E-state index contributed by atoms with van der Waals surface area (Å²) in [4.78, 5) is 0. The van der Waals surface area contributed by atoms with Crippen LogP contribution in [0.3, 0.4) is 0 Å². The minimum atomic E-state index is 0.514. The summed E-state index contributed by atoms with van der Waals surface area (Å²) in [6.45, 7) is 2.57. The van der Waals surface area contributed by atoms with Gasteiger partial charge in [-0.25, -0.2) is 0 Å². The number of nitriles is 1. The summed E-state index contributed by atoms with van der Waals surface area (Å²) in [5, 5.41) is 20.6. The lowest BCUT2D eigenvalue weighted by molar-refractivity contribution is 0.342. The first-order valence-corrected chi connectivity index (χ1v) is 7.95. The molecule has 0 atom stereocenters. The van der Waals surface area contributed by atoms with Gasteiger partial charge < -0.3 is 10.1 Å². The van der Waals surface area contributed by atoms with E-state index in [0.717, 1.165) is 26.7 Å². The van der Waals surface area contributed by atoms with E-state index in [9.17, 15) is 0 Å². The highest BCUT2D eigenvalue weighted by Gasteiger charge is 2.08. The van der Waals surface area contributed by atoms with E-state index in [0.29, 0.717) is 13.0 Å². The van der Waals surface area contributed by atoms with Crippen LogP contribution in [0.5, 0.6) is 5.75 Å². The number of anilines is 2. The summed E-state index contributed by atoms with van der Waals surface area (Å²) in [5.41, 5.74) is 0.874. The lowest BCUT2D eigenvalue weighted by Crippen LogP contribution is -1.97. The highest BCUT2D eigenvalue weighted by molar-refractivity contribution is 8.01. The molecule has 0 saturated heterocycles. The Morgan fingerprint density at radius 2 is 2.25 bits per heavy atom. The molecular weight excluding hydrogens is 292 g/mol. The first-order chi connectivity index (χ1) is 9.83. The third-order valence-electron chi connectivity index (χ3n) is 2.27. The van der Waals surface area contributed by atoms with Crippen molar-refractivity contribution < 1.29 is 4.74 Å². The summed E-state index contributed by atoms with van der Waals surface area (Å²) in [6, 6.07) is 9.83. The van der Waals surface area contributed by atoms with Crippen molar-refractivity contribution in [2.45, 2.75) is 17.7 Å². The molecule has 1 N–H and O–H groups in total. The van der Waals surface area contributed by atoms with Crippen LogP contribution in [0.15, 0.2) is 28.6 Å². The van der Waals surface area contributed by atoms with Gasteiger partial charge in [-0.15, -0.1) is 10.2 Å². The number of rotatable bonds is 7. The number of thioether (sulfide) groups is 1. The van der Waals surface area contributed by atoms with Crippen molar-refractivity contribution in [1.29, 1.82) is 5.26 Å². The minimum absolute atomic E-state index is 0.514. The van der Waals surface area contributed by atoms with Crippen LogP contribution in [0.25, 0.3) is 0 Å². The molecule has 0 amide bonds. The van der Waals surface area contributed by atoms with Gasteiger partial charge in [-0.2, -0.15) is 5.26 Å². The molecule has 20 heavy (non-hydrogen) atoms. The molecule has 0 aliphatic rings. The number of nitrogens with zero attached hydrogens (tertiary/aromatic N) is 3. The molecule has 5 nitrogen and oxygen atoms in total. The maximum absolute atomic E-state index is 8.50. The molecule has 104 valence electrons. The number of hydrogen-bond acceptors (Lipinski definition) is 7. The molecule has 2 aromatic rings. The standard InChI is InChI=1S/C13H14N4OS2/c1-2-18-11-7-4-3-6-10(11)15-12-16-17-13(20-12)19-9-5-8-14/h3-4,6-7H,2,5,9H2,1H3,(H,15,16). The minimum Gasteiger partial charge on any atom is -0.492 e. The van der Waals surface area contributed by atoms with Gasteiger partial charge in [0.05, 0.1) is 18.4 Å². The molecule has 0 radical (unpaired) electrons. The van der Waals surface area contributed by atoms with Crippen LogP contribution in [0, 0.1) is 11.3 Å². The largest absolute Gasteiger partial charge is 0.492 e. The normalized spacial score (nSPS) is 10.0. The Bertz CT molecular complexity index is 594. The predicted molar refractivity (Wildman–Crippen MR) is 81.8 cm³/mol. The van der Waals surface area contributed by atoms with Crippen LogP contribution in [-0.2, 0) is 0 Å². The van der Waals surface area contributed by atoms with Crippen molar-refractivity contribution in [2.24, 2.45) is 0 Å². The van der Waals surface area contributed by atoms with Gasteiger partial charge in [0.2, 0.25) is 5.13 Å². The molecule has 1 aromatic carbocycles. The van der Waals surface area contributed by atoms with Crippen LogP contribution in [0.1, 0.15) is 13.3 Å². The van der Waals surface area contributed by atoms with Crippen molar-refractivity contribution in [3.8, 4) is 11.8 Å². The average Bonchev–Trinajstić information content (AvgIpc) is 2.89. The fourth-order valence-electron chi connectivity index (χ4n) is 1.47. The predicted octanol–water partition coefficient (Wildman–Crippen LogP) is 3.69. The second-order valence-corrected chi connectivity index (χ2v) is 6.00. The van der Waals surface area contributed by atoms with Crippen LogP contribution >= 0.6 is 23.1 Å². The van der Waals surface area contributed by atoms with Gasteiger partial charge in [0.25, 0.3) is 0 Å². The lowest BCUT2D eigenvalue weighted by Gasteiger charge is -2.09. The van der Waals surface area contributed by atoms with Gasteiger partial charge in [-0.1, -0.05) is 35.2 Å². The molecule has 0 fully saturated rings. The van der Waals surface area contributed by atoms with Crippen LogP contribution in [-0.4, -0.2) is 22.6 Å². The van der Waals surface area contributed by atoms with E-state index in [1.807, 2.05) is 31.2 Å². The summed E-state index contributed by atoms with van der Waals surface area (Å²) in [7, 11) is 0. The first-order valence-electron chi connectivity index (χ1n) is 6.15. The Labute approximate surface area is 126 Å². The average molecular weight is 306 g/mol. The molecule has 7 heteroatoms. The Morgan fingerprint density at radius 3 is 3.05 bits per heavy atom. The molecule has 0 spiro atoms. The van der Waals surface area contributed by atoms with Crippen molar-refractivity contribution in [2.75, 3.05) is 17.7 Å². The fraction of sp³-hybridized carbons (Fsp3) is 0.308. The van der Waals surface area contributed by atoms with Crippen LogP contribution < -0.4 is 10.1 Å². The van der Waals surface area contributed by atoms with Crippen molar-refractivity contribution in [3.05, 3.63) is 24.3 Å². The molecule has 1 heterocycles. The summed E-state index contributed by atoms with van der Waals surface area (Å²) in [6.07, 6.45) is 0.514. The maximum Gasteiger partial charge on any atom is 0.210 e. The molecule has 0 bridgehead atoms. The fourth-order valence-corrected chi connectivity index (χ4v) is 3.15. The topological polar surface area (TPSA) is 70.8 Å². The summed E-state index contributed by atoms with van der Waals surface area (Å²) in [5.74, 6) is 1.53. The third-order valence-corrected chi connectivity index (χ3v) is 4.25. The van der Waals surface area contributed by atoms with E-state index in [2.05, 4.69) is 21.6 Å². The van der Waals surface area contributed by atoms with Gasteiger partial charge in [0.15, 0.2) is 4.34 Å². The SMILES string of the molecule is CCOc1ccccc1Nc1nnc(SCCC#N)s1. The number of ether oxygens (including phenoxy) is 1. The van der Waals surface area contributed by atoms with E-state index in [4.69, 9.17) is 10.00 Å². The second-order valence-electron chi connectivity index (χ2n) is 3.68. The van der Waals surface area contributed by atoms with Gasteiger partial charge in [-0.05, 0) is 19.1 Å². The first kappa shape index (κ1) is 14.6. The van der Waals surface area contributed by atoms with Crippen molar-refractivity contribution in [1.82, 2.24) is 10.2 Å². The number of para-hydroxylation sites is 2. The molecule has 0 aliphatic carbocycles. The maximum atomic E-state index is 8.50. The van der Waals surface area contributed by atoms with Gasteiger partial charge >= 0.3 is 0 Å². The molecule has 1 aromatic heterocycles. The zero-order valence-corrected chi connectivity index (χ0v) is 12.6. The smallest absolute Gasteiger partial charge is 0.210 e. The van der Waals surface area contributed by atoms with Crippen LogP contribution in [0.4, 0.5) is 10.8 Å². The van der Waals surface area contributed by atoms with Gasteiger partial charge in [0.1, 0.15) is 5.75 Å². The van der Waals surface area contributed by atoms with E-state index >= 15 is 0 Å². The number of hydrogen-bond donors (Lipinski definition) is 1. The Morgan fingerprint density at radius 1 is 1.40 bits per heavy atom. The van der Waals surface area contributed by atoms with E-state index in [1.165, 1.54) is 11.3 Å². The highest BCUT2D eigenvalue weighted by atomic mass is 32.2. The lowest BCUT2D eigenvalue weighted by atomic mass is 10.3. The molecule has 2 rings (SSSR count). The number of aromatic nitrogens is 2. The number of nitrogens with one attached hydrogen (secondary N) is 1. The molecule has 0 saturated carbocycles. The van der Waals surface area contributed by atoms with Gasteiger partial charge in [-0.3, -0.25) is 0 Å². The van der Waals surface area contributed by atoms with E-state index < -0.39 is 0 Å². The summed E-state index contributed by atoms with van der Waals surface area (Å²) < 4.78 is 6.41. The highest BCUT2D eigenvalue weighted by Crippen LogP contribution is 2.31. The van der Waals surface area contributed by atoms with Gasteiger partial charge in [0, 0.05) is 12.2 Å². The Balaban J connectivity index is 2.01. The van der Waals surface area contributed by atoms with E-state index in [-0.39, 0.29) is 0 Å².